The van der Waals surface area contributed by atoms with Gasteiger partial charge in [0.2, 0.25) is 0 Å². The van der Waals surface area contributed by atoms with Crippen LogP contribution in [0.5, 0.6) is 5.75 Å². The van der Waals surface area contributed by atoms with Gasteiger partial charge in [-0.05, 0) is 37.5 Å². The van der Waals surface area contributed by atoms with Crippen LogP contribution in [0, 0.1) is 5.92 Å². The molecule has 0 saturated carbocycles. The average molecular weight is 264 g/mol. The number of aliphatic hydroxyl groups is 1. The van der Waals surface area contributed by atoms with E-state index in [1.54, 1.807) is 14.0 Å². The zero-order valence-corrected chi connectivity index (χ0v) is 11.3. The molecule has 1 N–H and O–H groups in total. The summed E-state index contributed by atoms with van der Waals surface area (Å²) in [6.07, 6.45) is 1.02. The third-order valence-electron chi connectivity index (χ3n) is 3.64. The van der Waals surface area contributed by atoms with E-state index >= 15 is 0 Å². The maximum Gasteiger partial charge on any atom is 0.135 e. The summed E-state index contributed by atoms with van der Waals surface area (Å²) >= 11 is 0. The number of aliphatic hydroxyl groups excluding tert-OH is 1. The molecule has 0 aliphatic carbocycles. The molecule has 0 unspecified atom stereocenters. The van der Waals surface area contributed by atoms with Gasteiger partial charge in [-0.3, -0.25) is 4.79 Å². The molecule has 0 aromatic heterocycles. The van der Waals surface area contributed by atoms with E-state index < -0.39 is 0 Å². The van der Waals surface area contributed by atoms with Crippen LogP contribution in [-0.4, -0.2) is 30.7 Å². The Morgan fingerprint density at radius 1 is 1.42 bits per heavy atom. The van der Waals surface area contributed by atoms with Crippen molar-refractivity contribution < 1.29 is 19.4 Å². The van der Waals surface area contributed by atoms with Gasteiger partial charge >= 0.3 is 0 Å². The van der Waals surface area contributed by atoms with Crippen LogP contribution in [0.2, 0.25) is 0 Å². The van der Waals surface area contributed by atoms with E-state index in [0.717, 1.165) is 11.3 Å². The number of Topliss-reactive ketones (excluding diaryl/α,β-unsaturated/α-hetero) is 1. The zero-order chi connectivity index (χ0) is 13.8. The summed E-state index contributed by atoms with van der Waals surface area (Å²) in [5, 5.41) is 9.00. The van der Waals surface area contributed by atoms with Crippen LogP contribution in [0.15, 0.2) is 24.3 Å². The van der Waals surface area contributed by atoms with Crippen molar-refractivity contribution in [1.29, 1.82) is 0 Å². The van der Waals surface area contributed by atoms with Crippen LogP contribution in [0.4, 0.5) is 0 Å². The van der Waals surface area contributed by atoms with E-state index in [4.69, 9.17) is 14.6 Å². The Morgan fingerprint density at radius 3 is 2.63 bits per heavy atom. The summed E-state index contributed by atoms with van der Waals surface area (Å²) in [7, 11) is 1.62. The first-order valence-electron chi connectivity index (χ1n) is 6.56. The summed E-state index contributed by atoms with van der Waals surface area (Å²) < 4.78 is 11.0. The molecule has 1 aliphatic rings. The molecule has 1 heterocycles. The second-order valence-corrected chi connectivity index (χ2v) is 4.92. The lowest BCUT2D eigenvalue weighted by Crippen LogP contribution is -2.15. The Morgan fingerprint density at radius 2 is 2.11 bits per heavy atom. The van der Waals surface area contributed by atoms with Gasteiger partial charge in [0.05, 0.1) is 25.2 Å². The predicted octanol–water partition coefficient (Wildman–Crippen LogP) is 2.11. The Hall–Kier alpha value is -1.39. The number of rotatable bonds is 5. The van der Waals surface area contributed by atoms with Crippen LogP contribution in [0.25, 0.3) is 0 Å². The van der Waals surface area contributed by atoms with Crippen molar-refractivity contribution in [2.24, 2.45) is 5.92 Å². The van der Waals surface area contributed by atoms with E-state index in [0.29, 0.717) is 12.8 Å². The molecule has 4 heteroatoms. The molecule has 2 rings (SSSR count). The van der Waals surface area contributed by atoms with Crippen LogP contribution in [0.3, 0.4) is 0 Å². The highest BCUT2D eigenvalue weighted by Gasteiger charge is 2.38. The number of benzene rings is 1. The summed E-state index contributed by atoms with van der Waals surface area (Å²) in [4.78, 5) is 11.7. The second-order valence-electron chi connectivity index (χ2n) is 4.92. The molecule has 0 amide bonds. The third kappa shape index (κ3) is 3.14. The number of ketones is 1. The fourth-order valence-corrected chi connectivity index (χ4v) is 2.58. The van der Waals surface area contributed by atoms with Gasteiger partial charge < -0.3 is 14.6 Å². The smallest absolute Gasteiger partial charge is 0.135 e. The van der Waals surface area contributed by atoms with Gasteiger partial charge in [-0.2, -0.15) is 0 Å². The minimum Gasteiger partial charge on any atom is -0.497 e. The van der Waals surface area contributed by atoms with Gasteiger partial charge in [0.15, 0.2) is 0 Å². The molecular formula is C15H20O4. The molecule has 1 saturated heterocycles. The van der Waals surface area contributed by atoms with E-state index in [-0.39, 0.29) is 30.5 Å². The second kappa shape index (κ2) is 6.17. The van der Waals surface area contributed by atoms with Crippen molar-refractivity contribution in [3.63, 3.8) is 0 Å². The first kappa shape index (κ1) is 14.0. The van der Waals surface area contributed by atoms with Crippen molar-refractivity contribution in [2.75, 3.05) is 13.7 Å². The maximum absolute atomic E-state index is 11.7. The molecule has 3 atom stereocenters. The first-order valence-corrected chi connectivity index (χ1v) is 6.56. The molecule has 104 valence electrons. The largest absolute Gasteiger partial charge is 0.497 e. The van der Waals surface area contributed by atoms with Gasteiger partial charge in [-0.1, -0.05) is 12.1 Å². The van der Waals surface area contributed by atoms with Crippen LogP contribution >= 0.6 is 0 Å². The molecule has 0 spiro atoms. The molecule has 19 heavy (non-hydrogen) atoms. The van der Waals surface area contributed by atoms with Gasteiger partial charge in [-0.15, -0.1) is 0 Å². The number of carbonyl (C=O) groups excluding carboxylic acids is 1. The molecule has 0 bridgehead atoms. The Kier molecular flexibility index (Phi) is 4.56. The third-order valence-corrected chi connectivity index (χ3v) is 3.64. The lowest BCUT2D eigenvalue weighted by Gasteiger charge is -2.17. The average Bonchev–Trinajstić information content (AvgIpc) is 2.83. The Balaban J connectivity index is 2.17. The highest BCUT2D eigenvalue weighted by atomic mass is 16.5. The van der Waals surface area contributed by atoms with E-state index in [9.17, 15) is 4.79 Å². The summed E-state index contributed by atoms with van der Waals surface area (Å²) in [5.74, 6) is 0.805. The number of methoxy groups -OCH3 is 1. The van der Waals surface area contributed by atoms with Gasteiger partial charge in [0.1, 0.15) is 11.5 Å². The van der Waals surface area contributed by atoms with Crippen molar-refractivity contribution in [2.45, 2.75) is 32.0 Å². The standard InChI is InChI=1S/C15H20O4/c1-10(17)14-9-13(7-8-16)19-15(14)11-3-5-12(18-2)6-4-11/h3-6,13-16H,7-9H2,1-2H3/t13-,14-,15+/m0/s1. The van der Waals surface area contributed by atoms with Crippen molar-refractivity contribution >= 4 is 5.78 Å². The first-order chi connectivity index (χ1) is 9.15. The lowest BCUT2D eigenvalue weighted by molar-refractivity contribution is -0.122. The quantitative estimate of drug-likeness (QED) is 0.885. The van der Waals surface area contributed by atoms with Crippen LogP contribution in [0.1, 0.15) is 31.4 Å². The predicted molar refractivity (Wildman–Crippen MR) is 71.1 cm³/mol. The number of ether oxygens (including phenoxy) is 2. The van der Waals surface area contributed by atoms with E-state index in [2.05, 4.69) is 0 Å². The fourth-order valence-electron chi connectivity index (χ4n) is 2.58. The summed E-state index contributed by atoms with van der Waals surface area (Å²) in [6.45, 7) is 1.69. The topological polar surface area (TPSA) is 55.8 Å². The summed E-state index contributed by atoms with van der Waals surface area (Å²) in [5.41, 5.74) is 0.987. The van der Waals surface area contributed by atoms with Gasteiger partial charge in [-0.25, -0.2) is 0 Å². The van der Waals surface area contributed by atoms with E-state index in [1.165, 1.54) is 0 Å². The number of hydrogen-bond donors (Lipinski definition) is 1. The highest BCUT2D eigenvalue weighted by molar-refractivity contribution is 5.79. The maximum atomic E-state index is 11.7. The molecule has 1 fully saturated rings. The van der Waals surface area contributed by atoms with Gasteiger partial charge in [0, 0.05) is 6.61 Å². The molecule has 1 aromatic carbocycles. The molecule has 0 radical (unpaired) electrons. The minimum atomic E-state index is -0.208. The highest BCUT2D eigenvalue weighted by Crippen LogP contribution is 2.40. The zero-order valence-electron chi connectivity index (χ0n) is 11.3. The van der Waals surface area contributed by atoms with Gasteiger partial charge in [0.25, 0.3) is 0 Å². The van der Waals surface area contributed by atoms with Crippen molar-refractivity contribution in [3.05, 3.63) is 29.8 Å². The number of carbonyl (C=O) groups is 1. The Bertz CT molecular complexity index is 426. The normalized spacial score (nSPS) is 26.4. The van der Waals surface area contributed by atoms with Crippen molar-refractivity contribution in [3.8, 4) is 5.75 Å². The monoisotopic (exact) mass is 264 g/mol. The minimum absolute atomic E-state index is 0.0361. The fraction of sp³-hybridized carbons (Fsp3) is 0.533. The molecule has 1 aliphatic heterocycles. The SMILES string of the molecule is COc1ccc([C@H]2O[C@@H](CCO)C[C@H]2C(C)=O)cc1. The lowest BCUT2D eigenvalue weighted by atomic mass is 9.90. The van der Waals surface area contributed by atoms with Crippen LogP contribution in [-0.2, 0) is 9.53 Å². The molecule has 4 nitrogen and oxygen atoms in total. The van der Waals surface area contributed by atoms with Crippen LogP contribution < -0.4 is 4.74 Å². The molecular weight excluding hydrogens is 244 g/mol. The molecule has 1 aromatic rings. The van der Waals surface area contributed by atoms with Crippen molar-refractivity contribution in [1.82, 2.24) is 0 Å². The van der Waals surface area contributed by atoms with E-state index in [1.807, 2.05) is 24.3 Å². The Labute approximate surface area is 113 Å². The summed E-state index contributed by atoms with van der Waals surface area (Å²) in [6, 6.07) is 7.60. The number of hydrogen-bond acceptors (Lipinski definition) is 4.